The van der Waals surface area contributed by atoms with Gasteiger partial charge in [-0.1, -0.05) is 23.7 Å². The minimum Gasteiger partial charge on any atom is -0.364 e. The number of hydrogen-bond donors (Lipinski definition) is 1. The summed E-state index contributed by atoms with van der Waals surface area (Å²) in [5, 5.41) is 8.07. The summed E-state index contributed by atoms with van der Waals surface area (Å²) in [6.45, 7) is 2.08. The molecule has 0 spiro atoms. The molecule has 1 unspecified atom stereocenters. The van der Waals surface area contributed by atoms with E-state index in [0.717, 1.165) is 17.1 Å². The van der Waals surface area contributed by atoms with E-state index < -0.39 is 0 Å². The van der Waals surface area contributed by atoms with Crippen LogP contribution < -0.4 is 5.32 Å². The van der Waals surface area contributed by atoms with Gasteiger partial charge in [0.15, 0.2) is 0 Å². The summed E-state index contributed by atoms with van der Waals surface area (Å²) in [4.78, 5) is 8.18. The molecular formula is C15H14ClN5. The topological polar surface area (TPSA) is 55.6 Å². The minimum absolute atomic E-state index is 0.142. The Morgan fingerprint density at radius 1 is 1.14 bits per heavy atom. The zero-order valence-corrected chi connectivity index (χ0v) is 12.2. The fourth-order valence-electron chi connectivity index (χ4n) is 2.02. The van der Waals surface area contributed by atoms with Crippen LogP contribution in [0.2, 0.25) is 5.02 Å². The molecule has 0 amide bonds. The van der Waals surface area contributed by atoms with Gasteiger partial charge in [0, 0.05) is 12.2 Å². The summed E-state index contributed by atoms with van der Waals surface area (Å²) in [5.41, 5.74) is 2.14. The molecule has 2 heterocycles. The Hall–Kier alpha value is -2.40. The Bertz CT molecular complexity index is 692. The van der Waals surface area contributed by atoms with Crippen molar-refractivity contribution in [3.8, 4) is 5.69 Å². The Labute approximate surface area is 127 Å². The van der Waals surface area contributed by atoms with Gasteiger partial charge < -0.3 is 5.32 Å². The first-order chi connectivity index (χ1) is 10.2. The van der Waals surface area contributed by atoms with E-state index in [9.17, 15) is 0 Å². The third-order valence-electron chi connectivity index (χ3n) is 3.17. The van der Waals surface area contributed by atoms with Crippen LogP contribution in [0.3, 0.4) is 0 Å². The molecule has 0 bridgehead atoms. The number of benzene rings is 1. The van der Waals surface area contributed by atoms with E-state index in [1.54, 1.807) is 17.2 Å². The van der Waals surface area contributed by atoms with Gasteiger partial charge >= 0.3 is 0 Å². The molecule has 0 radical (unpaired) electrons. The van der Waals surface area contributed by atoms with Gasteiger partial charge in [0.1, 0.15) is 18.5 Å². The number of rotatable bonds is 4. The van der Waals surface area contributed by atoms with Gasteiger partial charge in [-0.3, -0.25) is 0 Å². The third kappa shape index (κ3) is 3.20. The summed E-state index contributed by atoms with van der Waals surface area (Å²) in [6.07, 6.45) is 4.82. The molecule has 1 N–H and O–H groups in total. The molecule has 0 fully saturated rings. The fraction of sp³-hybridized carbons (Fsp3) is 0.133. The van der Waals surface area contributed by atoms with Gasteiger partial charge in [0.2, 0.25) is 0 Å². The van der Waals surface area contributed by atoms with E-state index in [0.29, 0.717) is 5.02 Å². The summed E-state index contributed by atoms with van der Waals surface area (Å²) < 4.78 is 1.72. The molecule has 1 atom stereocenters. The Morgan fingerprint density at radius 3 is 2.57 bits per heavy atom. The van der Waals surface area contributed by atoms with Crippen molar-refractivity contribution in [1.29, 1.82) is 0 Å². The van der Waals surface area contributed by atoms with Crippen molar-refractivity contribution in [2.24, 2.45) is 0 Å². The van der Waals surface area contributed by atoms with E-state index >= 15 is 0 Å². The standard InChI is InChI=1S/C15H14ClN5/c1-11(20-15-7-4-13(16)8-18-15)12-2-5-14(6-3-12)21-10-17-9-19-21/h2-11H,1H3,(H,18,20). The van der Waals surface area contributed by atoms with Gasteiger partial charge in [-0.15, -0.1) is 0 Å². The van der Waals surface area contributed by atoms with Crippen LogP contribution in [-0.2, 0) is 0 Å². The van der Waals surface area contributed by atoms with Crippen LogP contribution in [-0.4, -0.2) is 19.7 Å². The molecule has 21 heavy (non-hydrogen) atoms. The van der Waals surface area contributed by atoms with E-state index in [1.807, 2.05) is 24.3 Å². The fourth-order valence-corrected chi connectivity index (χ4v) is 2.14. The average Bonchev–Trinajstić information content (AvgIpc) is 3.04. The molecule has 106 valence electrons. The Kier molecular flexibility index (Phi) is 3.83. The highest BCUT2D eigenvalue weighted by atomic mass is 35.5. The predicted molar refractivity (Wildman–Crippen MR) is 82.6 cm³/mol. The lowest BCUT2D eigenvalue weighted by Crippen LogP contribution is -2.08. The van der Waals surface area contributed by atoms with Crippen molar-refractivity contribution in [3.05, 3.63) is 65.8 Å². The van der Waals surface area contributed by atoms with Gasteiger partial charge in [-0.2, -0.15) is 5.10 Å². The maximum atomic E-state index is 5.83. The number of nitrogens with one attached hydrogen (secondary N) is 1. The lowest BCUT2D eigenvalue weighted by Gasteiger charge is -2.15. The maximum Gasteiger partial charge on any atom is 0.138 e. The van der Waals surface area contributed by atoms with Crippen LogP contribution in [0.4, 0.5) is 5.82 Å². The Morgan fingerprint density at radius 2 is 1.95 bits per heavy atom. The molecule has 2 aromatic heterocycles. The first kappa shape index (κ1) is 13.6. The summed E-state index contributed by atoms with van der Waals surface area (Å²) >= 11 is 5.83. The highest BCUT2D eigenvalue weighted by molar-refractivity contribution is 6.30. The largest absolute Gasteiger partial charge is 0.364 e. The number of hydrogen-bond acceptors (Lipinski definition) is 4. The molecule has 0 saturated carbocycles. The number of anilines is 1. The smallest absolute Gasteiger partial charge is 0.138 e. The van der Waals surface area contributed by atoms with Gasteiger partial charge in [-0.25, -0.2) is 14.6 Å². The van der Waals surface area contributed by atoms with Crippen molar-refractivity contribution in [1.82, 2.24) is 19.7 Å². The van der Waals surface area contributed by atoms with E-state index in [4.69, 9.17) is 11.6 Å². The summed E-state index contributed by atoms with van der Waals surface area (Å²) in [7, 11) is 0. The lowest BCUT2D eigenvalue weighted by molar-refractivity contribution is 0.858. The summed E-state index contributed by atoms with van der Waals surface area (Å²) in [6, 6.07) is 12.0. The Balaban J connectivity index is 1.73. The molecule has 0 aliphatic heterocycles. The third-order valence-corrected chi connectivity index (χ3v) is 3.39. The van der Waals surface area contributed by atoms with Crippen molar-refractivity contribution in [2.45, 2.75) is 13.0 Å². The minimum atomic E-state index is 0.142. The maximum absolute atomic E-state index is 5.83. The first-order valence-electron chi connectivity index (χ1n) is 6.55. The highest BCUT2D eigenvalue weighted by Gasteiger charge is 2.06. The van der Waals surface area contributed by atoms with E-state index in [1.165, 1.54) is 6.33 Å². The van der Waals surface area contributed by atoms with Crippen molar-refractivity contribution < 1.29 is 0 Å². The molecule has 6 heteroatoms. The SMILES string of the molecule is CC(Nc1ccc(Cl)cn1)c1ccc(-n2cncn2)cc1. The molecule has 0 aliphatic carbocycles. The van der Waals surface area contributed by atoms with Crippen LogP contribution >= 0.6 is 11.6 Å². The normalized spacial score (nSPS) is 12.1. The first-order valence-corrected chi connectivity index (χ1v) is 6.93. The van der Waals surface area contributed by atoms with Gasteiger partial charge in [0.05, 0.1) is 10.7 Å². The van der Waals surface area contributed by atoms with Crippen LogP contribution in [0, 0.1) is 0 Å². The van der Waals surface area contributed by atoms with Crippen LogP contribution in [0.5, 0.6) is 0 Å². The van der Waals surface area contributed by atoms with Crippen LogP contribution in [0.1, 0.15) is 18.5 Å². The van der Waals surface area contributed by atoms with Gasteiger partial charge in [-0.05, 0) is 36.8 Å². The predicted octanol–water partition coefficient (Wildman–Crippen LogP) is 3.49. The van der Waals surface area contributed by atoms with Crippen LogP contribution in [0.25, 0.3) is 5.69 Å². The number of halogens is 1. The molecule has 3 aromatic rings. The molecule has 0 saturated heterocycles. The van der Waals surface area contributed by atoms with Crippen molar-refractivity contribution in [3.63, 3.8) is 0 Å². The van der Waals surface area contributed by atoms with Crippen molar-refractivity contribution in [2.75, 3.05) is 5.32 Å². The molecular weight excluding hydrogens is 286 g/mol. The number of aromatic nitrogens is 4. The molecule has 3 rings (SSSR count). The molecule has 0 aliphatic rings. The zero-order chi connectivity index (χ0) is 14.7. The second kappa shape index (κ2) is 5.93. The van der Waals surface area contributed by atoms with Crippen molar-refractivity contribution >= 4 is 17.4 Å². The quantitative estimate of drug-likeness (QED) is 0.801. The monoisotopic (exact) mass is 299 g/mol. The lowest BCUT2D eigenvalue weighted by atomic mass is 10.1. The number of pyridine rings is 1. The molecule has 5 nitrogen and oxygen atoms in total. The summed E-state index contributed by atoms with van der Waals surface area (Å²) in [5.74, 6) is 0.798. The average molecular weight is 300 g/mol. The van der Waals surface area contributed by atoms with Crippen LogP contribution in [0.15, 0.2) is 55.2 Å². The number of nitrogens with zero attached hydrogens (tertiary/aromatic N) is 4. The highest BCUT2D eigenvalue weighted by Crippen LogP contribution is 2.20. The second-order valence-electron chi connectivity index (χ2n) is 4.66. The second-order valence-corrected chi connectivity index (χ2v) is 5.10. The zero-order valence-electron chi connectivity index (χ0n) is 11.4. The molecule has 1 aromatic carbocycles. The van der Waals surface area contributed by atoms with E-state index in [-0.39, 0.29) is 6.04 Å². The van der Waals surface area contributed by atoms with E-state index in [2.05, 4.69) is 39.4 Å². The van der Waals surface area contributed by atoms with Gasteiger partial charge in [0.25, 0.3) is 0 Å².